The number of halogens is 1. The van der Waals surface area contributed by atoms with Gasteiger partial charge in [0, 0.05) is 17.5 Å². The number of aromatic nitrogens is 2. The molecular formula is C15H25ClN4O. The first-order valence-corrected chi connectivity index (χ1v) is 7.63. The van der Waals surface area contributed by atoms with Crippen LogP contribution in [0.5, 0.6) is 0 Å². The van der Waals surface area contributed by atoms with Crippen molar-refractivity contribution < 1.29 is 4.79 Å². The van der Waals surface area contributed by atoms with E-state index >= 15 is 0 Å². The van der Waals surface area contributed by atoms with Crippen LogP contribution < -0.4 is 10.6 Å². The second kappa shape index (κ2) is 7.07. The Balaban J connectivity index is 2.89. The fourth-order valence-electron chi connectivity index (χ4n) is 1.76. The molecule has 0 fully saturated rings. The van der Waals surface area contributed by atoms with Crippen LogP contribution in [0, 0.1) is 6.92 Å². The Morgan fingerprint density at radius 1 is 1.33 bits per heavy atom. The average molecular weight is 313 g/mol. The van der Waals surface area contributed by atoms with Crippen molar-refractivity contribution in [2.75, 3.05) is 5.32 Å². The molecule has 0 aromatic carbocycles. The van der Waals surface area contributed by atoms with Crippen LogP contribution in [0.4, 0.5) is 5.82 Å². The van der Waals surface area contributed by atoms with Gasteiger partial charge in [-0.05, 0) is 41.0 Å². The highest BCUT2D eigenvalue weighted by Gasteiger charge is 2.20. The van der Waals surface area contributed by atoms with Crippen LogP contribution >= 0.6 is 11.6 Å². The summed E-state index contributed by atoms with van der Waals surface area (Å²) < 4.78 is 0. The first-order chi connectivity index (χ1) is 9.64. The molecule has 1 aromatic rings. The number of carbonyl (C=O) groups is 1. The van der Waals surface area contributed by atoms with E-state index in [1.54, 1.807) is 6.92 Å². The predicted molar refractivity (Wildman–Crippen MR) is 86.8 cm³/mol. The summed E-state index contributed by atoms with van der Waals surface area (Å²) in [5.74, 6) is 1.24. The summed E-state index contributed by atoms with van der Waals surface area (Å²) in [6, 6.07) is -0.400. The van der Waals surface area contributed by atoms with Gasteiger partial charge < -0.3 is 10.6 Å². The zero-order valence-corrected chi connectivity index (χ0v) is 14.4. The van der Waals surface area contributed by atoms with Crippen molar-refractivity contribution in [1.82, 2.24) is 15.3 Å². The highest BCUT2D eigenvalue weighted by Crippen LogP contribution is 2.21. The Hall–Kier alpha value is -1.36. The van der Waals surface area contributed by atoms with Gasteiger partial charge in [-0.2, -0.15) is 0 Å². The lowest BCUT2D eigenvalue weighted by atomic mass is 10.1. The van der Waals surface area contributed by atoms with Gasteiger partial charge in [0.15, 0.2) is 0 Å². The quantitative estimate of drug-likeness (QED) is 0.820. The van der Waals surface area contributed by atoms with Crippen molar-refractivity contribution in [2.24, 2.45) is 0 Å². The summed E-state index contributed by atoms with van der Waals surface area (Å²) in [5.41, 5.74) is 0.491. The molecule has 1 heterocycles. The predicted octanol–water partition coefficient (Wildman–Crippen LogP) is 3.11. The zero-order valence-electron chi connectivity index (χ0n) is 13.7. The maximum atomic E-state index is 12.1. The summed E-state index contributed by atoms with van der Waals surface area (Å²) >= 11 is 6.13. The minimum Gasteiger partial charge on any atom is -0.358 e. The Morgan fingerprint density at radius 2 is 1.95 bits per heavy atom. The third kappa shape index (κ3) is 5.50. The van der Waals surface area contributed by atoms with Gasteiger partial charge in [0.25, 0.3) is 0 Å². The summed E-state index contributed by atoms with van der Waals surface area (Å²) in [7, 11) is 0. The highest BCUT2D eigenvalue weighted by molar-refractivity contribution is 6.30. The van der Waals surface area contributed by atoms with Crippen LogP contribution in [0.1, 0.15) is 52.4 Å². The lowest BCUT2D eigenvalue weighted by Crippen LogP contribution is -2.47. The van der Waals surface area contributed by atoms with Gasteiger partial charge in [0.1, 0.15) is 22.8 Å². The van der Waals surface area contributed by atoms with Gasteiger partial charge in [-0.3, -0.25) is 4.79 Å². The fraction of sp³-hybridized carbons (Fsp3) is 0.667. The number of hydrogen-bond donors (Lipinski definition) is 2. The molecule has 6 heteroatoms. The lowest BCUT2D eigenvalue weighted by molar-refractivity contribution is -0.122. The van der Waals surface area contributed by atoms with E-state index in [2.05, 4.69) is 27.5 Å². The third-order valence-corrected chi connectivity index (χ3v) is 3.22. The SMILES string of the molecule is CCCc1nc(Cl)c(C)c(NC(C)C(=O)NC(C)(C)C)n1. The number of anilines is 1. The summed E-state index contributed by atoms with van der Waals surface area (Å²) in [6.07, 6.45) is 1.70. The molecule has 0 aliphatic rings. The molecule has 1 atom stereocenters. The molecule has 0 aliphatic carbocycles. The number of rotatable bonds is 5. The van der Waals surface area contributed by atoms with Crippen LogP contribution in [0.3, 0.4) is 0 Å². The Labute approximate surface area is 131 Å². The van der Waals surface area contributed by atoms with Crippen molar-refractivity contribution in [3.63, 3.8) is 0 Å². The third-order valence-electron chi connectivity index (χ3n) is 2.85. The van der Waals surface area contributed by atoms with Crippen molar-refractivity contribution in [2.45, 2.75) is 66.0 Å². The molecule has 0 saturated carbocycles. The molecule has 1 unspecified atom stereocenters. The second-order valence-electron chi connectivity index (χ2n) is 6.26. The van der Waals surface area contributed by atoms with Crippen molar-refractivity contribution in [1.29, 1.82) is 0 Å². The van der Waals surface area contributed by atoms with E-state index in [0.29, 0.717) is 16.8 Å². The van der Waals surface area contributed by atoms with Crippen molar-refractivity contribution in [3.8, 4) is 0 Å². The number of carbonyl (C=O) groups excluding carboxylic acids is 1. The minimum absolute atomic E-state index is 0.0753. The fourth-order valence-corrected chi connectivity index (χ4v) is 1.94. The van der Waals surface area contributed by atoms with E-state index in [0.717, 1.165) is 18.4 Å². The van der Waals surface area contributed by atoms with Crippen LogP contribution in [-0.4, -0.2) is 27.5 Å². The molecule has 0 spiro atoms. The van der Waals surface area contributed by atoms with E-state index in [1.165, 1.54) is 0 Å². The first kappa shape index (κ1) is 17.7. The van der Waals surface area contributed by atoms with E-state index in [9.17, 15) is 4.79 Å². The van der Waals surface area contributed by atoms with Crippen LogP contribution in [-0.2, 0) is 11.2 Å². The van der Waals surface area contributed by atoms with Crippen LogP contribution in [0.25, 0.3) is 0 Å². The molecule has 0 bridgehead atoms. The number of amides is 1. The number of nitrogens with one attached hydrogen (secondary N) is 2. The van der Waals surface area contributed by atoms with Crippen LogP contribution in [0.15, 0.2) is 0 Å². The summed E-state index contributed by atoms with van der Waals surface area (Å²) in [5, 5.41) is 6.49. The summed E-state index contributed by atoms with van der Waals surface area (Å²) in [6.45, 7) is 11.5. The van der Waals surface area contributed by atoms with Crippen molar-refractivity contribution in [3.05, 3.63) is 16.5 Å². The standard InChI is InChI=1S/C15H25ClN4O/c1-7-8-11-18-12(16)9(2)13(19-11)17-10(3)14(21)20-15(4,5)6/h10H,7-8H2,1-6H3,(H,20,21)(H,17,18,19). The molecular weight excluding hydrogens is 288 g/mol. The zero-order chi connectivity index (χ0) is 16.2. The molecule has 0 aliphatic heterocycles. The Morgan fingerprint density at radius 3 is 2.48 bits per heavy atom. The molecule has 2 N–H and O–H groups in total. The van der Waals surface area contributed by atoms with Gasteiger partial charge in [-0.1, -0.05) is 18.5 Å². The lowest BCUT2D eigenvalue weighted by Gasteiger charge is -2.24. The Kier molecular flexibility index (Phi) is 5.96. The monoisotopic (exact) mass is 312 g/mol. The van der Waals surface area contributed by atoms with Gasteiger partial charge in [0.2, 0.25) is 5.91 Å². The molecule has 1 rings (SSSR count). The van der Waals surface area contributed by atoms with E-state index < -0.39 is 6.04 Å². The van der Waals surface area contributed by atoms with Gasteiger partial charge in [0.05, 0.1) is 0 Å². The topological polar surface area (TPSA) is 66.9 Å². The highest BCUT2D eigenvalue weighted by atomic mass is 35.5. The molecule has 0 saturated heterocycles. The largest absolute Gasteiger partial charge is 0.358 e. The van der Waals surface area contributed by atoms with Gasteiger partial charge >= 0.3 is 0 Å². The number of hydrogen-bond acceptors (Lipinski definition) is 4. The van der Waals surface area contributed by atoms with E-state index in [1.807, 2.05) is 27.7 Å². The van der Waals surface area contributed by atoms with Gasteiger partial charge in [-0.15, -0.1) is 0 Å². The van der Waals surface area contributed by atoms with E-state index in [4.69, 9.17) is 11.6 Å². The van der Waals surface area contributed by atoms with Crippen LogP contribution in [0.2, 0.25) is 5.15 Å². The number of aryl methyl sites for hydroxylation is 1. The first-order valence-electron chi connectivity index (χ1n) is 7.25. The van der Waals surface area contributed by atoms with E-state index in [-0.39, 0.29) is 11.4 Å². The average Bonchev–Trinajstić information content (AvgIpc) is 2.33. The molecule has 1 amide bonds. The Bertz CT molecular complexity index is 511. The molecule has 5 nitrogen and oxygen atoms in total. The molecule has 118 valence electrons. The molecule has 21 heavy (non-hydrogen) atoms. The smallest absolute Gasteiger partial charge is 0.242 e. The second-order valence-corrected chi connectivity index (χ2v) is 6.62. The summed E-state index contributed by atoms with van der Waals surface area (Å²) in [4.78, 5) is 20.8. The normalized spacial score (nSPS) is 12.9. The maximum Gasteiger partial charge on any atom is 0.242 e. The maximum absolute atomic E-state index is 12.1. The molecule has 0 radical (unpaired) electrons. The minimum atomic E-state index is -0.400. The number of nitrogens with zero attached hydrogens (tertiary/aromatic N) is 2. The van der Waals surface area contributed by atoms with Gasteiger partial charge in [-0.25, -0.2) is 9.97 Å². The van der Waals surface area contributed by atoms with Crippen molar-refractivity contribution >= 4 is 23.3 Å². The molecule has 1 aromatic heterocycles.